The monoisotopic (exact) mass is 365 g/mol. The molecule has 1 aromatic heterocycles. The largest absolute Gasteiger partial charge is 0.411 e. The van der Waals surface area contributed by atoms with Crippen molar-refractivity contribution in [2.24, 2.45) is 0 Å². The molecule has 0 atom stereocenters. The number of nitrogen functional groups attached to an aromatic ring is 1. The van der Waals surface area contributed by atoms with Gasteiger partial charge in [0, 0.05) is 15.7 Å². The predicted molar refractivity (Wildman–Crippen MR) is 72.2 cm³/mol. The summed E-state index contributed by atoms with van der Waals surface area (Å²) >= 11 is 3.35. The minimum Gasteiger partial charge on any atom is -0.399 e. The first-order valence-corrected chi connectivity index (χ1v) is 6.62. The molecule has 2 N–H and O–H groups in total. The van der Waals surface area contributed by atoms with E-state index in [0.717, 1.165) is 4.47 Å². The molecular weight excluding hydrogens is 355 g/mol. The first-order valence-electron chi connectivity index (χ1n) is 5.83. The fraction of sp³-hybridized carbons (Fsp3) is 0.364. The highest BCUT2D eigenvalue weighted by Gasteiger charge is 2.27. The van der Waals surface area contributed by atoms with Crippen molar-refractivity contribution in [2.75, 3.05) is 18.9 Å². The second-order valence-electron chi connectivity index (χ2n) is 4.13. The van der Waals surface area contributed by atoms with Gasteiger partial charge in [-0.25, -0.2) is 4.68 Å². The summed E-state index contributed by atoms with van der Waals surface area (Å²) in [5, 5.41) is 11.1. The molecule has 1 heterocycles. The van der Waals surface area contributed by atoms with Crippen molar-refractivity contribution in [1.82, 2.24) is 20.2 Å². The fourth-order valence-electron chi connectivity index (χ4n) is 1.60. The Balaban J connectivity index is 2.07. The molecule has 0 saturated carbocycles. The molecule has 10 heteroatoms. The Hall–Kier alpha value is -1.68. The smallest absolute Gasteiger partial charge is 0.399 e. The summed E-state index contributed by atoms with van der Waals surface area (Å²) in [7, 11) is 0. The molecule has 114 valence electrons. The molecular formula is C11H11BrF3N5O. The summed E-state index contributed by atoms with van der Waals surface area (Å²) in [5.41, 5.74) is 6.88. The van der Waals surface area contributed by atoms with E-state index in [9.17, 15) is 13.2 Å². The van der Waals surface area contributed by atoms with Crippen molar-refractivity contribution < 1.29 is 17.9 Å². The van der Waals surface area contributed by atoms with E-state index in [1.54, 1.807) is 18.2 Å². The number of nitrogens with two attached hydrogens (primary N) is 1. The molecule has 0 amide bonds. The van der Waals surface area contributed by atoms with Gasteiger partial charge in [0.2, 0.25) is 0 Å². The lowest BCUT2D eigenvalue weighted by molar-refractivity contribution is -0.174. The normalized spacial score (nSPS) is 11.8. The number of hydrogen-bond donors (Lipinski definition) is 1. The molecule has 2 aromatic rings. The SMILES string of the molecule is Nc1ccc(Br)c(-c2nnnn2CCOCC(F)(F)F)c1. The Morgan fingerprint density at radius 3 is 2.81 bits per heavy atom. The first-order chi connectivity index (χ1) is 9.87. The van der Waals surface area contributed by atoms with Crippen LogP contribution >= 0.6 is 15.9 Å². The van der Waals surface area contributed by atoms with Crippen molar-refractivity contribution in [3.8, 4) is 11.4 Å². The standard InChI is InChI=1S/C11H11BrF3N5O/c12-9-2-1-7(16)5-8(9)10-17-18-19-20(10)3-4-21-6-11(13,14)15/h1-2,5H,3-4,6,16H2. The summed E-state index contributed by atoms with van der Waals surface area (Å²) in [5.74, 6) is 0.393. The van der Waals surface area contributed by atoms with Crippen LogP contribution in [0.15, 0.2) is 22.7 Å². The van der Waals surface area contributed by atoms with E-state index in [-0.39, 0.29) is 13.2 Å². The maximum absolute atomic E-state index is 12.0. The third-order valence-electron chi connectivity index (χ3n) is 2.48. The number of ether oxygens (including phenoxy) is 1. The van der Waals surface area contributed by atoms with Gasteiger partial charge in [0.15, 0.2) is 5.82 Å². The highest BCUT2D eigenvalue weighted by Crippen LogP contribution is 2.28. The van der Waals surface area contributed by atoms with Crippen LogP contribution in [0.1, 0.15) is 0 Å². The number of halogens is 4. The molecule has 0 aliphatic rings. The molecule has 1 aromatic carbocycles. The van der Waals surface area contributed by atoms with Gasteiger partial charge in [0.25, 0.3) is 0 Å². The van der Waals surface area contributed by atoms with E-state index in [2.05, 4.69) is 36.2 Å². The number of benzene rings is 1. The molecule has 2 rings (SSSR count). The zero-order valence-corrected chi connectivity index (χ0v) is 12.2. The van der Waals surface area contributed by atoms with Gasteiger partial charge in [0.05, 0.1) is 13.2 Å². The molecule has 21 heavy (non-hydrogen) atoms. The van der Waals surface area contributed by atoms with Crippen LogP contribution < -0.4 is 5.73 Å². The molecule has 0 radical (unpaired) electrons. The maximum Gasteiger partial charge on any atom is 0.411 e. The fourth-order valence-corrected chi connectivity index (χ4v) is 2.03. The molecule has 0 spiro atoms. The Bertz CT molecular complexity index is 616. The average Bonchev–Trinajstić information content (AvgIpc) is 2.85. The van der Waals surface area contributed by atoms with E-state index in [0.29, 0.717) is 17.1 Å². The molecule has 6 nitrogen and oxygen atoms in total. The number of rotatable bonds is 5. The summed E-state index contributed by atoms with van der Waals surface area (Å²) in [6.45, 7) is -1.36. The van der Waals surface area contributed by atoms with Gasteiger partial charge in [0.1, 0.15) is 6.61 Å². The number of nitrogens with zero attached hydrogens (tertiary/aromatic N) is 4. The third-order valence-corrected chi connectivity index (χ3v) is 3.17. The van der Waals surface area contributed by atoms with E-state index in [1.807, 2.05) is 0 Å². The molecule has 0 fully saturated rings. The van der Waals surface area contributed by atoms with Crippen LogP contribution in [0.2, 0.25) is 0 Å². The van der Waals surface area contributed by atoms with Gasteiger partial charge in [-0.3, -0.25) is 0 Å². The number of hydrogen-bond acceptors (Lipinski definition) is 5. The maximum atomic E-state index is 12.0. The highest BCUT2D eigenvalue weighted by atomic mass is 79.9. The minimum atomic E-state index is -4.35. The molecule has 0 saturated heterocycles. The molecule has 0 aliphatic heterocycles. The predicted octanol–water partition coefficient (Wildman–Crippen LogP) is 2.26. The van der Waals surface area contributed by atoms with Crippen LogP contribution in [0.25, 0.3) is 11.4 Å². The van der Waals surface area contributed by atoms with Crippen LogP contribution in [0.3, 0.4) is 0 Å². The lowest BCUT2D eigenvalue weighted by atomic mass is 10.2. The van der Waals surface area contributed by atoms with Crippen LogP contribution in [0.4, 0.5) is 18.9 Å². The van der Waals surface area contributed by atoms with Crippen LogP contribution in [-0.4, -0.2) is 39.6 Å². The van der Waals surface area contributed by atoms with Gasteiger partial charge < -0.3 is 10.5 Å². The first kappa shape index (κ1) is 15.7. The molecule has 0 aliphatic carbocycles. The lowest BCUT2D eigenvalue weighted by Crippen LogP contribution is -2.19. The van der Waals surface area contributed by atoms with Gasteiger partial charge >= 0.3 is 6.18 Å². The Morgan fingerprint density at radius 2 is 2.10 bits per heavy atom. The number of anilines is 1. The van der Waals surface area contributed by atoms with Crippen molar-refractivity contribution in [1.29, 1.82) is 0 Å². The van der Waals surface area contributed by atoms with Crippen LogP contribution in [0.5, 0.6) is 0 Å². The number of tetrazole rings is 1. The van der Waals surface area contributed by atoms with Crippen molar-refractivity contribution >= 4 is 21.6 Å². The topological polar surface area (TPSA) is 78.9 Å². The van der Waals surface area contributed by atoms with Crippen LogP contribution in [0, 0.1) is 0 Å². The second-order valence-corrected chi connectivity index (χ2v) is 4.99. The van der Waals surface area contributed by atoms with Crippen molar-refractivity contribution in [3.63, 3.8) is 0 Å². The molecule has 0 bridgehead atoms. The highest BCUT2D eigenvalue weighted by molar-refractivity contribution is 9.10. The van der Waals surface area contributed by atoms with Crippen molar-refractivity contribution in [3.05, 3.63) is 22.7 Å². The van der Waals surface area contributed by atoms with Crippen LogP contribution in [-0.2, 0) is 11.3 Å². The number of aromatic nitrogens is 4. The summed E-state index contributed by atoms with van der Waals surface area (Å²) < 4.78 is 42.5. The summed E-state index contributed by atoms with van der Waals surface area (Å²) in [6, 6.07) is 5.11. The second kappa shape index (κ2) is 6.39. The lowest BCUT2D eigenvalue weighted by Gasteiger charge is -2.09. The third kappa shape index (κ3) is 4.39. The van der Waals surface area contributed by atoms with E-state index < -0.39 is 12.8 Å². The van der Waals surface area contributed by atoms with Crippen molar-refractivity contribution in [2.45, 2.75) is 12.7 Å². The number of alkyl halides is 3. The van der Waals surface area contributed by atoms with E-state index in [4.69, 9.17) is 5.73 Å². The van der Waals surface area contributed by atoms with Gasteiger partial charge in [-0.05, 0) is 28.6 Å². The van der Waals surface area contributed by atoms with E-state index in [1.165, 1.54) is 4.68 Å². The van der Waals surface area contributed by atoms with E-state index >= 15 is 0 Å². The minimum absolute atomic E-state index is 0.0969. The van der Waals surface area contributed by atoms with Gasteiger partial charge in [-0.2, -0.15) is 13.2 Å². The Labute approximate surface area is 126 Å². The Morgan fingerprint density at radius 1 is 1.33 bits per heavy atom. The Kier molecular flexibility index (Phi) is 4.78. The summed E-state index contributed by atoms with van der Waals surface area (Å²) in [4.78, 5) is 0. The zero-order chi connectivity index (χ0) is 15.5. The van der Waals surface area contributed by atoms with Gasteiger partial charge in [-0.1, -0.05) is 15.9 Å². The molecule has 0 unspecified atom stereocenters. The quantitative estimate of drug-likeness (QED) is 0.649. The summed E-state index contributed by atoms with van der Waals surface area (Å²) in [6.07, 6.45) is -4.35. The zero-order valence-electron chi connectivity index (χ0n) is 10.6. The average molecular weight is 366 g/mol. The van der Waals surface area contributed by atoms with Gasteiger partial charge in [-0.15, -0.1) is 5.10 Å².